The van der Waals surface area contributed by atoms with E-state index in [9.17, 15) is 13.2 Å². The number of hydrogen-bond donors (Lipinski definition) is 2. The van der Waals surface area contributed by atoms with Gasteiger partial charge in [0.25, 0.3) is 0 Å². The van der Waals surface area contributed by atoms with Gasteiger partial charge in [0.05, 0.1) is 5.56 Å². The van der Waals surface area contributed by atoms with Gasteiger partial charge in [0.1, 0.15) is 0 Å². The Bertz CT molecular complexity index is 392. The predicted octanol–water partition coefficient (Wildman–Crippen LogP) is 3.63. The molecule has 1 aromatic carbocycles. The zero-order valence-corrected chi connectivity index (χ0v) is 10.7. The maximum Gasteiger partial charge on any atom is 0.416 e. The van der Waals surface area contributed by atoms with E-state index in [1.807, 2.05) is 0 Å². The quantitative estimate of drug-likeness (QED) is 0.881. The average Bonchev–Trinajstić information content (AvgIpc) is 2.37. The lowest BCUT2D eigenvalue weighted by Crippen LogP contribution is -2.29. The number of halogens is 3. The van der Waals surface area contributed by atoms with Crippen molar-refractivity contribution in [3.8, 4) is 0 Å². The predicted molar refractivity (Wildman–Crippen MR) is 69.9 cm³/mol. The number of hydrogen-bond acceptors (Lipinski definition) is 2. The summed E-state index contributed by atoms with van der Waals surface area (Å²) in [5, 5.41) is 3.20. The zero-order chi connectivity index (χ0) is 13.9. The third-order valence-electron chi connectivity index (χ3n) is 3.70. The molecular formula is C14H19F3N2. The molecule has 0 aromatic heterocycles. The Kier molecular flexibility index (Phi) is 4.34. The molecule has 2 rings (SSSR count). The molecule has 1 aromatic rings. The second-order valence-corrected chi connectivity index (χ2v) is 5.24. The van der Waals surface area contributed by atoms with Gasteiger partial charge in [0.2, 0.25) is 0 Å². The van der Waals surface area contributed by atoms with Gasteiger partial charge < -0.3 is 11.1 Å². The van der Waals surface area contributed by atoms with Crippen LogP contribution in [0.4, 0.5) is 18.9 Å². The SMILES string of the molecule is N[C@H]1CC[C@H](CNc2ccc(C(F)(F)F)cc2)CC1. The van der Waals surface area contributed by atoms with Crippen LogP contribution in [0, 0.1) is 5.92 Å². The van der Waals surface area contributed by atoms with E-state index in [0.717, 1.165) is 50.0 Å². The molecule has 1 aliphatic rings. The van der Waals surface area contributed by atoms with Gasteiger partial charge in [-0.1, -0.05) is 0 Å². The maximum atomic E-state index is 12.4. The second kappa shape index (κ2) is 5.82. The molecule has 0 saturated heterocycles. The van der Waals surface area contributed by atoms with Crippen LogP contribution in [0.2, 0.25) is 0 Å². The van der Waals surface area contributed by atoms with Crippen LogP contribution < -0.4 is 11.1 Å². The maximum absolute atomic E-state index is 12.4. The standard InChI is InChI=1S/C14H19F3N2/c15-14(16,17)11-3-7-13(8-4-11)19-9-10-1-5-12(18)6-2-10/h3-4,7-8,10,12,19H,1-2,5-6,9,18H2/t10-,12-. The number of nitrogens with one attached hydrogen (secondary N) is 1. The van der Waals surface area contributed by atoms with E-state index in [4.69, 9.17) is 5.73 Å². The van der Waals surface area contributed by atoms with Crippen LogP contribution in [0.5, 0.6) is 0 Å². The van der Waals surface area contributed by atoms with Crippen molar-refractivity contribution in [1.82, 2.24) is 0 Å². The molecule has 0 bridgehead atoms. The summed E-state index contributed by atoms with van der Waals surface area (Å²) in [6, 6.07) is 5.51. The van der Waals surface area contributed by atoms with Crippen LogP contribution in [0.15, 0.2) is 24.3 Å². The first-order chi connectivity index (χ1) is 8.95. The van der Waals surface area contributed by atoms with E-state index in [1.54, 1.807) is 0 Å². The van der Waals surface area contributed by atoms with E-state index >= 15 is 0 Å². The number of benzene rings is 1. The van der Waals surface area contributed by atoms with Gasteiger partial charge in [0.15, 0.2) is 0 Å². The lowest BCUT2D eigenvalue weighted by Gasteiger charge is -2.26. The van der Waals surface area contributed by atoms with Gasteiger partial charge in [-0.3, -0.25) is 0 Å². The third kappa shape index (κ3) is 4.13. The molecule has 106 valence electrons. The van der Waals surface area contributed by atoms with Crippen LogP contribution in [-0.2, 0) is 6.18 Å². The highest BCUT2D eigenvalue weighted by Crippen LogP contribution is 2.30. The molecular weight excluding hydrogens is 253 g/mol. The first-order valence-electron chi connectivity index (χ1n) is 6.62. The summed E-state index contributed by atoms with van der Waals surface area (Å²) in [4.78, 5) is 0. The Hall–Kier alpha value is -1.23. The monoisotopic (exact) mass is 272 g/mol. The Balaban J connectivity index is 1.83. The summed E-state index contributed by atoms with van der Waals surface area (Å²) < 4.78 is 37.2. The third-order valence-corrected chi connectivity index (χ3v) is 3.70. The van der Waals surface area contributed by atoms with Crippen molar-refractivity contribution >= 4 is 5.69 Å². The molecule has 0 unspecified atom stereocenters. The minimum atomic E-state index is -4.27. The normalized spacial score (nSPS) is 24.2. The molecule has 0 atom stereocenters. The van der Waals surface area contributed by atoms with Crippen molar-refractivity contribution in [3.63, 3.8) is 0 Å². The largest absolute Gasteiger partial charge is 0.416 e. The number of rotatable bonds is 3. The summed E-state index contributed by atoms with van der Waals surface area (Å²) in [6.07, 6.45) is 0.000355. The van der Waals surface area contributed by atoms with Crippen molar-refractivity contribution < 1.29 is 13.2 Å². The lowest BCUT2D eigenvalue weighted by atomic mass is 9.86. The second-order valence-electron chi connectivity index (χ2n) is 5.24. The molecule has 2 nitrogen and oxygen atoms in total. The highest BCUT2D eigenvalue weighted by Gasteiger charge is 2.29. The summed E-state index contributed by atoms with van der Waals surface area (Å²) in [5.41, 5.74) is 5.96. The number of anilines is 1. The molecule has 0 aliphatic heterocycles. The summed E-state index contributed by atoms with van der Waals surface area (Å²) in [7, 11) is 0. The molecule has 3 N–H and O–H groups in total. The first kappa shape index (κ1) is 14.2. The molecule has 1 aliphatic carbocycles. The van der Waals surface area contributed by atoms with Crippen molar-refractivity contribution in [1.29, 1.82) is 0 Å². The fourth-order valence-corrected chi connectivity index (χ4v) is 2.43. The molecule has 0 spiro atoms. The van der Waals surface area contributed by atoms with Crippen LogP contribution in [0.25, 0.3) is 0 Å². The Labute approximate surface area is 111 Å². The Morgan fingerprint density at radius 2 is 1.63 bits per heavy atom. The summed E-state index contributed by atoms with van der Waals surface area (Å²) in [5.74, 6) is 0.571. The molecule has 1 fully saturated rings. The first-order valence-corrected chi connectivity index (χ1v) is 6.62. The van der Waals surface area contributed by atoms with Crippen LogP contribution in [0.3, 0.4) is 0 Å². The van der Waals surface area contributed by atoms with Gasteiger partial charge in [-0.25, -0.2) is 0 Å². The fourth-order valence-electron chi connectivity index (χ4n) is 2.43. The fraction of sp³-hybridized carbons (Fsp3) is 0.571. The summed E-state index contributed by atoms with van der Waals surface area (Å²) in [6.45, 7) is 0.804. The molecule has 0 radical (unpaired) electrons. The summed E-state index contributed by atoms with van der Waals surface area (Å²) >= 11 is 0. The van der Waals surface area contributed by atoms with Gasteiger partial charge >= 0.3 is 6.18 Å². The van der Waals surface area contributed by atoms with E-state index in [1.165, 1.54) is 12.1 Å². The van der Waals surface area contributed by atoms with Gasteiger partial charge in [0, 0.05) is 18.3 Å². The van der Waals surface area contributed by atoms with Crippen molar-refractivity contribution in [2.75, 3.05) is 11.9 Å². The van der Waals surface area contributed by atoms with Crippen LogP contribution in [-0.4, -0.2) is 12.6 Å². The molecule has 19 heavy (non-hydrogen) atoms. The van der Waals surface area contributed by atoms with Crippen LogP contribution in [0.1, 0.15) is 31.2 Å². The minimum absolute atomic E-state index is 0.322. The van der Waals surface area contributed by atoms with Crippen molar-refractivity contribution in [2.45, 2.75) is 37.9 Å². The Morgan fingerprint density at radius 3 is 2.16 bits per heavy atom. The molecule has 0 heterocycles. The highest BCUT2D eigenvalue weighted by molar-refractivity contribution is 5.45. The Morgan fingerprint density at radius 1 is 1.05 bits per heavy atom. The van der Waals surface area contributed by atoms with Crippen LogP contribution >= 0.6 is 0 Å². The highest BCUT2D eigenvalue weighted by atomic mass is 19.4. The molecule has 1 saturated carbocycles. The van der Waals surface area contributed by atoms with E-state index in [-0.39, 0.29) is 0 Å². The van der Waals surface area contributed by atoms with Gasteiger partial charge in [-0.15, -0.1) is 0 Å². The molecule has 5 heteroatoms. The van der Waals surface area contributed by atoms with Crippen molar-refractivity contribution in [2.24, 2.45) is 11.7 Å². The zero-order valence-electron chi connectivity index (χ0n) is 10.7. The molecule has 0 amide bonds. The number of alkyl halides is 3. The van der Waals surface area contributed by atoms with Crippen molar-refractivity contribution in [3.05, 3.63) is 29.8 Å². The lowest BCUT2D eigenvalue weighted by molar-refractivity contribution is -0.137. The topological polar surface area (TPSA) is 38.0 Å². The minimum Gasteiger partial charge on any atom is -0.385 e. The van der Waals surface area contributed by atoms with E-state index in [2.05, 4.69) is 5.32 Å². The van der Waals surface area contributed by atoms with Gasteiger partial charge in [-0.05, 0) is 55.9 Å². The average molecular weight is 272 g/mol. The number of nitrogens with two attached hydrogens (primary N) is 1. The van der Waals surface area contributed by atoms with Gasteiger partial charge in [-0.2, -0.15) is 13.2 Å². The van der Waals surface area contributed by atoms with E-state index in [0.29, 0.717) is 12.0 Å². The van der Waals surface area contributed by atoms with E-state index < -0.39 is 11.7 Å². The smallest absolute Gasteiger partial charge is 0.385 e.